The second-order valence-corrected chi connectivity index (χ2v) is 10.4. The third-order valence-corrected chi connectivity index (χ3v) is 8.01. The number of anilines is 1. The first kappa shape index (κ1) is 24.1. The van der Waals surface area contributed by atoms with Crippen LogP contribution in [-0.2, 0) is 25.8 Å². The van der Waals surface area contributed by atoms with E-state index in [1.165, 1.54) is 16.7 Å². The van der Waals surface area contributed by atoms with Crippen LogP contribution in [0.1, 0.15) is 5.82 Å². The molecule has 0 aromatic carbocycles. The molecule has 5 rings (SSSR count). The highest BCUT2D eigenvalue weighted by molar-refractivity contribution is 8.00. The van der Waals surface area contributed by atoms with Gasteiger partial charge < -0.3 is 21.0 Å². The molecule has 3 aromatic heterocycles. The number of imidazole rings is 1. The number of oxime groups is 1. The van der Waals surface area contributed by atoms with Crippen LogP contribution in [0.5, 0.6) is 0 Å². The van der Waals surface area contributed by atoms with E-state index in [1.54, 1.807) is 11.3 Å². The number of β-lactam (4-membered cyclic amide) rings is 1. The fourth-order valence-corrected chi connectivity index (χ4v) is 6.34. The van der Waals surface area contributed by atoms with Gasteiger partial charge in [0.15, 0.2) is 5.13 Å². The minimum absolute atomic E-state index is 0.0782. The lowest BCUT2D eigenvalue weighted by Crippen LogP contribution is -2.71. The molecule has 0 spiro atoms. The summed E-state index contributed by atoms with van der Waals surface area (Å²) < 4.78 is 20.1. The molecule has 2 atom stereocenters. The maximum atomic E-state index is 13.0. The molecule has 0 aliphatic carbocycles. The largest absolute Gasteiger partial charge is 0.477 e. The van der Waals surface area contributed by atoms with E-state index in [0.29, 0.717) is 17.9 Å². The molecule has 0 bridgehead atoms. The molecule has 2 aliphatic heterocycles. The standard InChI is InChI=1S/C19H17FN8O5S3/c20-1-3-33-24-11(14-23-19(21)36-25-14)15(29)22-12-16(30)28-13(18(31)32)9(7-35-17(12)28)5-26-6-10-27(8-26)2-4-34-10/h2,4,6,8,12,17H,1,3,5,7H2,(H3-,21,22,23,25,29,31,32)/p+1/b24-11-/t12-,17-/m1/s1. The molecule has 5 heterocycles. The monoisotopic (exact) mass is 553 g/mol. The van der Waals surface area contributed by atoms with Gasteiger partial charge in [0.25, 0.3) is 11.8 Å². The van der Waals surface area contributed by atoms with Crippen LogP contribution < -0.4 is 15.6 Å². The van der Waals surface area contributed by atoms with Gasteiger partial charge in [-0.15, -0.1) is 11.8 Å². The van der Waals surface area contributed by atoms with Gasteiger partial charge in [-0.05, 0) is 0 Å². The molecule has 1 saturated heterocycles. The number of rotatable bonds is 9. The van der Waals surface area contributed by atoms with Gasteiger partial charge in [-0.1, -0.05) is 16.5 Å². The van der Waals surface area contributed by atoms with Gasteiger partial charge in [-0.25, -0.2) is 13.8 Å². The molecule has 188 valence electrons. The second kappa shape index (κ2) is 9.82. The minimum Gasteiger partial charge on any atom is -0.477 e. The van der Waals surface area contributed by atoms with Crippen LogP contribution in [0.15, 0.2) is 40.5 Å². The van der Waals surface area contributed by atoms with E-state index in [0.717, 1.165) is 16.4 Å². The Hall–Kier alpha value is -3.57. The maximum Gasteiger partial charge on any atom is 0.352 e. The Labute approximate surface area is 214 Å². The number of carbonyl (C=O) groups is 3. The smallest absolute Gasteiger partial charge is 0.352 e. The third-order valence-electron chi connectivity index (χ3n) is 5.32. The summed E-state index contributed by atoms with van der Waals surface area (Å²) in [4.78, 5) is 48.9. The molecule has 2 aliphatic rings. The number of nitrogens with zero attached hydrogens (tertiary/aromatic N) is 6. The van der Waals surface area contributed by atoms with Crippen molar-refractivity contribution in [2.75, 3.05) is 24.8 Å². The first-order valence-electron chi connectivity index (χ1n) is 10.4. The summed E-state index contributed by atoms with van der Waals surface area (Å²) in [6.45, 7) is -0.916. The normalized spacial score (nSPS) is 19.9. The van der Waals surface area contributed by atoms with E-state index < -0.39 is 42.5 Å². The van der Waals surface area contributed by atoms with Crippen molar-refractivity contribution in [3.8, 4) is 0 Å². The summed E-state index contributed by atoms with van der Waals surface area (Å²) in [6.07, 6.45) is 5.65. The van der Waals surface area contributed by atoms with Gasteiger partial charge >= 0.3 is 5.97 Å². The average molecular weight is 554 g/mol. The molecule has 4 N–H and O–H groups in total. The first-order valence-corrected chi connectivity index (χ1v) is 13.1. The zero-order chi connectivity index (χ0) is 25.4. The van der Waals surface area contributed by atoms with E-state index in [-0.39, 0.29) is 22.4 Å². The van der Waals surface area contributed by atoms with Crippen LogP contribution >= 0.6 is 34.6 Å². The number of nitrogens with two attached hydrogens (primary N) is 1. The van der Waals surface area contributed by atoms with Crippen molar-refractivity contribution < 1.29 is 33.3 Å². The molecule has 0 unspecified atom stereocenters. The number of carbonyl (C=O) groups excluding carboxylic acids is 2. The fraction of sp³-hybridized carbons (Fsp3) is 0.316. The lowest BCUT2D eigenvalue weighted by molar-refractivity contribution is -0.687. The summed E-state index contributed by atoms with van der Waals surface area (Å²) in [5.74, 6) is -2.41. The number of hydrogen-bond acceptors (Lipinski definition) is 11. The van der Waals surface area contributed by atoms with Gasteiger partial charge in [0.05, 0.1) is 0 Å². The van der Waals surface area contributed by atoms with E-state index in [9.17, 15) is 23.9 Å². The quantitative estimate of drug-likeness (QED) is 0.107. The number of alkyl halides is 1. The second-order valence-electron chi connectivity index (χ2n) is 7.60. The predicted molar refractivity (Wildman–Crippen MR) is 128 cm³/mol. The van der Waals surface area contributed by atoms with Crippen molar-refractivity contribution in [1.82, 2.24) is 24.0 Å². The summed E-state index contributed by atoms with van der Waals surface area (Å²) >= 11 is 3.72. The Bertz CT molecular complexity index is 1390. The molecule has 3 aromatic rings. The fourth-order valence-electron chi connectivity index (χ4n) is 3.81. The van der Waals surface area contributed by atoms with Crippen molar-refractivity contribution in [2.45, 2.75) is 18.0 Å². The zero-order valence-corrected chi connectivity index (χ0v) is 20.7. The van der Waals surface area contributed by atoms with Crippen LogP contribution in [0.25, 0.3) is 4.83 Å². The van der Waals surface area contributed by atoms with E-state index in [2.05, 4.69) is 19.8 Å². The molecule has 17 heteroatoms. The molecular formula is C19H18FN8O5S3+. The van der Waals surface area contributed by atoms with Crippen LogP contribution in [0, 0.1) is 0 Å². The molecule has 1 fully saturated rings. The number of aromatic nitrogens is 4. The Morgan fingerprint density at radius 3 is 2.97 bits per heavy atom. The topological polar surface area (TPSA) is 168 Å². The number of amides is 2. The number of nitrogen functional groups attached to an aromatic ring is 1. The van der Waals surface area contributed by atoms with Crippen molar-refractivity contribution >= 4 is 68.1 Å². The van der Waals surface area contributed by atoms with Crippen molar-refractivity contribution in [2.24, 2.45) is 5.16 Å². The average Bonchev–Trinajstić information content (AvgIpc) is 3.56. The predicted octanol–water partition coefficient (Wildman–Crippen LogP) is -0.149. The molecule has 0 saturated carbocycles. The van der Waals surface area contributed by atoms with E-state index >= 15 is 0 Å². The number of halogens is 1. The number of carboxylic acids is 1. The van der Waals surface area contributed by atoms with Crippen molar-refractivity contribution in [3.05, 3.63) is 41.2 Å². The Morgan fingerprint density at radius 2 is 2.28 bits per heavy atom. The maximum absolute atomic E-state index is 13.0. The Morgan fingerprint density at radius 1 is 1.44 bits per heavy atom. The molecular weight excluding hydrogens is 535 g/mol. The van der Waals surface area contributed by atoms with E-state index in [1.807, 2.05) is 33.1 Å². The van der Waals surface area contributed by atoms with Gasteiger partial charge in [0, 0.05) is 28.2 Å². The van der Waals surface area contributed by atoms with Crippen LogP contribution in [0.3, 0.4) is 0 Å². The lowest BCUT2D eigenvalue weighted by atomic mass is 10.0. The SMILES string of the molecule is Nc1nc(/C(=N/OCCF)C(=O)N[C@@H]2C(=O)N3C(C(=O)O)=C(C[n+]4cc5sccn5c4)CS[C@H]23)ns1. The number of aliphatic carboxylic acids is 1. The van der Waals surface area contributed by atoms with Crippen LogP contribution in [0.4, 0.5) is 9.52 Å². The number of thiazole rings is 1. The summed E-state index contributed by atoms with van der Waals surface area (Å²) in [5.41, 5.74) is 5.69. The van der Waals surface area contributed by atoms with Crippen molar-refractivity contribution in [1.29, 1.82) is 0 Å². The van der Waals surface area contributed by atoms with Crippen LogP contribution in [0.2, 0.25) is 0 Å². The summed E-state index contributed by atoms with van der Waals surface area (Å²) in [6, 6.07) is -1.01. The summed E-state index contributed by atoms with van der Waals surface area (Å²) in [7, 11) is 0. The lowest BCUT2D eigenvalue weighted by Gasteiger charge is -2.49. The number of thioether (sulfide) groups is 1. The molecule has 0 radical (unpaired) electrons. The van der Waals surface area contributed by atoms with Gasteiger partial charge in [-0.2, -0.15) is 13.8 Å². The molecule has 2 amide bonds. The van der Waals surface area contributed by atoms with Gasteiger partial charge in [0.1, 0.15) is 49.3 Å². The van der Waals surface area contributed by atoms with Gasteiger partial charge in [0.2, 0.25) is 22.7 Å². The first-order chi connectivity index (χ1) is 17.4. The van der Waals surface area contributed by atoms with E-state index in [4.69, 9.17) is 10.6 Å². The Kier molecular flexibility index (Phi) is 6.59. The zero-order valence-electron chi connectivity index (χ0n) is 18.2. The highest BCUT2D eigenvalue weighted by Crippen LogP contribution is 2.40. The number of carboxylic acid groups (broad SMARTS) is 1. The minimum atomic E-state index is -1.22. The highest BCUT2D eigenvalue weighted by Gasteiger charge is 2.54. The third kappa shape index (κ3) is 4.40. The molecule has 13 nitrogen and oxygen atoms in total. The highest BCUT2D eigenvalue weighted by atomic mass is 32.2. The number of fused-ring (bicyclic) bond motifs is 2. The summed E-state index contributed by atoms with van der Waals surface area (Å²) in [5, 5.41) is 17.4. The number of nitrogens with one attached hydrogen (secondary N) is 1. The molecule has 36 heavy (non-hydrogen) atoms. The number of hydrogen-bond donors (Lipinski definition) is 3. The van der Waals surface area contributed by atoms with Gasteiger partial charge in [-0.3, -0.25) is 14.5 Å². The van der Waals surface area contributed by atoms with Crippen molar-refractivity contribution in [3.63, 3.8) is 0 Å². The van der Waals surface area contributed by atoms with Crippen LogP contribution in [-0.4, -0.2) is 77.7 Å². The Balaban J connectivity index is 1.34.